The van der Waals surface area contributed by atoms with Gasteiger partial charge in [-0.25, -0.2) is 13.4 Å². The molecular formula is C22H24Cl2N4O4S3. The third-order valence-electron chi connectivity index (χ3n) is 6.47. The summed E-state index contributed by atoms with van der Waals surface area (Å²) >= 11 is 14.9. The SMILES string of the molecule is COc1ccc(Cl)c2sc(N3CCN(C(=O)C4CCN(S(=O)(=O)c5ccc(Cl)s5)CC4)CC3)nc12. The molecule has 4 heterocycles. The van der Waals surface area contributed by atoms with Crippen molar-refractivity contribution < 1.29 is 17.9 Å². The highest BCUT2D eigenvalue weighted by atomic mass is 35.5. The Morgan fingerprint density at radius 2 is 1.74 bits per heavy atom. The first-order chi connectivity index (χ1) is 16.8. The van der Waals surface area contributed by atoms with E-state index in [1.54, 1.807) is 13.2 Å². The first kappa shape index (κ1) is 25.0. The number of carbonyl (C=O) groups excluding carboxylic acids is 1. The predicted molar refractivity (Wildman–Crippen MR) is 141 cm³/mol. The highest BCUT2D eigenvalue weighted by molar-refractivity contribution is 7.91. The topological polar surface area (TPSA) is 83.0 Å². The van der Waals surface area contributed by atoms with Crippen LogP contribution in [0.1, 0.15) is 12.8 Å². The van der Waals surface area contributed by atoms with E-state index in [-0.39, 0.29) is 16.0 Å². The molecule has 2 aliphatic rings. The van der Waals surface area contributed by atoms with Crippen molar-refractivity contribution in [3.05, 3.63) is 33.6 Å². The number of carbonyl (C=O) groups is 1. The molecule has 0 atom stereocenters. The molecule has 188 valence electrons. The molecule has 0 unspecified atom stereocenters. The number of fused-ring (bicyclic) bond motifs is 1. The first-order valence-corrected chi connectivity index (χ1v) is 15.0. The lowest BCUT2D eigenvalue weighted by molar-refractivity contribution is -0.137. The van der Waals surface area contributed by atoms with E-state index >= 15 is 0 Å². The molecule has 0 saturated carbocycles. The van der Waals surface area contributed by atoms with Crippen molar-refractivity contribution in [3.63, 3.8) is 0 Å². The molecule has 0 N–H and O–H groups in total. The maximum absolute atomic E-state index is 13.2. The number of ether oxygens (including phenoxy) is 1. The summed E-state index contributed by atoms with van der Waals surface area (Å²) in [7, 11) is -1.95. The normalized spacial score (nSPS) is 18.4. The Morgan fingerprint density at radius 3 is 2.37 bits per heavy atom. The van der Waals surface area contributed by atoms with Crippen molar-refractivity contribution in [2.45, 2.75) is 17.1 Å². The number of methoxy groups -OCH3 is 1. The minimum Gasteiger partial charge on any atom is -0.494 e. The lowest BCUT2D eigenvalue weighted by Gasteiger charge is -2.38. The molecule has 0 aliphatic carbocycles. The smallest absolute Gasteiger partial charge is 0.252 e. The molecule has 0 bridgehead atoms. The number of piperidine rings is 1. The quantitative estimate of drug-likeness (QED) is 0.448. The van der Waals surface area contributed by atoms with E-state index in [1.807, 2.05) is 17.0 Å². The number of rotatable bonds is 5. The number of thiophene rings is 1. The second kappa shape index (κ2) is 10.0. The third-order valence-corrected chi connectivity index (χ3v) is 11.6. The van der Waals surface area contributed by atoms with Gasteiger partial charge in [-0.3, -0.25) is 4.79 Å². The van der Waals surface area contributed by atoms with Gasteiger partial charge in [0.1, 0.15) is 15.5 Å². The first-order valence-electron chi connectivity index (χ1n) is 11.2. The van der Waals surface area contributed by atoms with Gasteiger partial charge in [0.2, 0.25) is 5.91 Å². The van der Waals surface area contributed by atoms with Crippen LogP contribution in [-0.4, -0.2) is 74.9 Å². The molecule has 1 aromatic carbocycles. The Morgan fingerprint density at radius 1 is 1.03 bits per heavy atom. The van der Waals surface area contributed by atoms with Crippen molar-refractivity contribution in [3.8, 4) is 5.75 Å². The lowest BCUT2D eigenvalue weighted by atomic mass is 9.96. The van der Waals surface area contributed by atoms with E-state index in [1.165, 1.54) is 21.7 Å². The van der Waals surface area contributed by atoms with Crippen LogP contribution >= 0.6 is 45.9 Å². The van der Waals surface area contributed by atoms with Crippen LogP contribution in [0.2, 0.25) is 9.36 Å². The van der Waals surface area contributed by atoms with Gasteiger partial charge in [0, 0.05) is 45.2 Å². The van der Waals surface area contributed by atoms with Crippen molar-refractivity contribution in [2.24, 2.45) is 5.92 Å². The van der Waals surface area contributed by atoms with Crippen LogP contribution in [0.5, 0.6) is 5.75 Å². The monoisotopic (exact) mass is 574 g/mol. The zero-order valence-corrected chi connectivity index (χ0v) is 22.9. The van der Waals surface area contributed by atoms with E-state index in [0.29, 0.717) is 67.2 Å². The molecule has 35 heavy (non-hydrogen) atoms. The standard InChI is InChI=1S/C22H24Cl2N4O4S3/c1-32-16-3-2-15(23)20-19(16)25-22(34-20)27-12-10-26(11-13-27)21(29)14-6-8-28(9-7-14)35(30,31)18-5-4-17(24)33-18/h2-5,14H,6-13H2,1H3. The maximum Gasteiger partial charge on any atom is 0.252 e. The van der Waals surface area contributed by atoms with E-state index in [0.717, 1.165) is 26.7 Å². The number of halogens is 2. The van der Waals surface area contributed by atoms with E-state index < -0.39 is 10.0 Å². The average Bonchev–Trinajstić information content (AvgIpc) is 3.52. The summed E-state index contributed by atoms with van der Waals surface area (Å²) < 4.78 is 34.1. The van der Waals surface area contributed by atoms with E-state index in [4.69, 9.17) is 32.9 Å². The third kappa shape index (κ3) is 4.86. The molecule has 0 spiro atoms. The number of benzene rings is 1. The fourth-order valence-electron chi connectivity index (χ4n) is 4.52. The Bertz CT molecular complexity index is 1340. The summed E-state index contributed by atoms with van der Waals surface area (Å²) in [5.41, 5.74) is 0.755. The number of nitrogens with zero attached hydrogens (tertiary/aromatic N) is 4. The van der Waals surface area contributed by atoms with Gasteiger partial charge in [0.05, 0.1) is 21.2 Å². The molecule has 13 heteroatoms. The van der Waals surface area contributed by atoms with Crippen LogP contribution < -0.4 is 9.64 Å². The zero-order chi connectivity index (χ0) is 24.7. The van der Waals surface area contributed by atoms with Crippen LogP contribution in [0.3, 0.4) is 0 Å². The van der Waals surface area contributed by atoms with Crippen LogP contribution in [0.15, 0.2) is 28.5 Å². The average molecular weight is 576 g/mol. The number of amides is 1. The lowest BCUT2D eigenvalue weighted by Crippen LogP contribution is -2.52. The minimum atomic E-state index is -3.56. The van der Waals surface area contributed by atoms with Crippen LogP contribution in [0, 0.1) is 5.92 Å². The zero-order valence-electron chi connectivity index (χ0n) is 18.9. The van der Waals surface area contributed by atoms with Crippen molar-refractivity contribution in [1.29, 1.82) is 0 Å². The van der Waals surface area contributed by atoms with E-state index in [2.05, 4.69) is 4.90 Å². The second-order valence-electron chi connectivity index (χ2n) is 8.47. The summed E-state index contributed by atoms with van der Waals surface area (Å²) in [4.78, 5) is 22.0. The largest absolute Gasteiger partial charge is 0.494 e. The number of aromatic nitrogens is 1. The molecule has 2 fully saturated rings. The van der Waals surface area contributed by atoms with Crippen molar-refractivity contribution in [2.75, 3.05) is 51.3 Å². The van der Waals surface area contributed by atoms with Crippen molar-refractivity contribution in [1.82, 2.24) is 14.2 Å². The van der Waals surface area contributed by atoms with Crippen LogP contribution in [0.25, 0.3) is 10.2 Å². The summed E-state index contributed by atoms with van der Waals surface area (Å²) in [6, 6.07) is 6.76. The fourth-order valence-corrected chi connectivity index (χ4v) is 8.94. The van der Waals surface area contributed by atoms with Gasteiger partial charge in [-0.2, -0.15) is 4.31 Å². The summed E-state index contributed by atoms with van der Waals surface area (Å²) in [5, 5.41) is 1.51. The maximum atomic E-state index is 13.2. The molecule has 1 amide bonds. The van der Waals surface area contributed by atoms with Gasteiger partial charge in [-0.1, -0.05) is 34.5 Å². The van der Waals surface area contributed by atoms with Gasteiger partial charge >= 0.3 is 0 Å². The highest BCUT2D eigenvalue weighted by Crippen LogP contribution is 2.39. The Balaban J connectivity index is 1.18. The molecule has 8 nitrogen and oxygen atoms in total. The Hall–Kier alpha value is -1.63. The number of hydrogen-bond donors (Lipinski definition) is 0. The Kier molecular flexibility index (Phi) is 7.17. The van der Waals surface area contributed by atoms with E-state index in [9.17, 15) is 13.2 Å². The molecule has 3 aromatic rings. The van der Waals surface area contributed by atoms with Gasteiger partial charge in [-0.15, -0.1) is 11.3 Å². The molecule has 2 aliphatic heterocycles. The molecule has 2 aromatic heterocycles. The predicted octanol–water partition coefficient (Wildman–Crippen LogP) is 4.42. The number of piperazine rings is 1. The van der Waals surface area contributed by atoms with Gasteiger partial charge < -0.3 is 14.5 Å². The molecular weight excluding hydrogens is 551 g/mol. The van der Waals surface area contributed by atoms with Gasteiger partial charge in [0.25, 0.3) is 10.0 Å². The number of anilines is 1. The highest BCUT2D eigenvalue weighted by Gasteiger charge is 2.35. The number of thiazole rings is 1. The minimum absolute atomic E-state index is 0.106. The summed E-state index contributed by atoms with van der Waals surface area (Å²) in [6.07, 6.45) is 1.04. The van der Waals surface area contributed by atoms with Crippen molar-refractivity contribution >= 4 is 77.2 Å². The van der Waals surface area contributed by atoms with Crippen LogP contribution in [-0.2, 0) is 14.8 Å². The van der Waals surface area contributed by atoms with Gasteiger partial charge in [-0.05, 0) is 37.1 Å². The summed E-state index contributed by atoms with van der Waals surface area (Å²) in [5.74, 6) is 0.636. The fraction of sp³-hybridized carbons (Fsp3) is 0.455. The second-order valence-corrected chi connectivity index (χ2v) is 13.7. The number of hydrogen-bond acceptors (Lipinski definition) is 8. The number of sulfonamides is 1. The van der Waals surface area contributed by atoms with Crippen LogP contribution in [0.4, 0.5) is 5.13 Å². The Labute approximate surface area is 222 Å². The van der Waals surface area contributed by atoms with Gasteiger partial charge in [0.15, 0.2) is 5.13 Å². The molecule has 2 saturated heterocycles. The molecule has 5 rings (SSSR count). The summed E-state index contributed by atoms with van der Waals surface area (Å²) in [6.45, 7) is 3.23. The molecule has 0 radical (unpaired) electrons.